The number of anilines is 1. The van der Waals surface area contributed by atoms with Gasteiger partial charge < -0.3 is 14.8 Å². The van der Waals surface area contributed by atoms with Crippen LogP contribution in [0.3, 0.4) is 0 Å². The Morgan fingerprint density at radius 2 is 2.16 bits per heavy atom. The maximum Gasteiger partial charge on any atom is 0.231 e. The van der Waals surface area contributed by atoms with Crippen molar-refractivity contribution in [3.63, 3.8) is 0 Å². The Kier molecular flexibility index (Phi) is 2.95. The Morgan fingerprint density at radius 1 is 1.26 bits per heavy atom. The molecule has 0 aliphatic carbocycles. The zero-order valence-electron chi connectivity index (χ0n) is 10.9. The minimum absolute atomic E-state index is 0.284. The minimum atomic E-state index is 0.284. The summed E-state index contributed by atoms with van der Waals surface area (Å²) in [4.78, 5) is 8.64. The molecule has 1 aliphatic rings. The number of ether oxygens (including phenoxy) is 2. The summed E-state index contributed by atoms with van der Waals surface area (Å²) in [6.45, 7) is 4.86. The smallest absolute Gasteiger partial charge is 0.231 e. The number of aromatic nitrogens is 2. The van der Waals surface area contributed by atoms with E-state index in [2.05, 4.69) is 15.3 Å². The summed E-state index contributed by atoms with van der Waals surface area (Å²) in [5, 5.41) is 3.20. The maximum absolute atomic E-state index is 5.46. The molecule has 0 bridgehead atoms. The molecule has 98 valence electrons. The fourth-order valence-electron chi connectivity index (χ4n) is 1.92. The Morgan fingerprint density at radius 3 is 3.00 bits per heavy atom. The van der Waals surface area contributed by atoms with E-state index >= 15 is 0 Å². The van der Waals surface area contributed by atoms with Gasteiger partial charge in [-0.05, 0) is 25.5 Å². The lowest BCUT2D eigenvalue weighted by molar-refractivity contribution is 0.173. The van der Waals surface area contributed by atoms with Crippen LogP contribution in [0.5, 0.6) is 11.5 Å². The van der Waals surface area contributed by atoms with Crippen molar-refractivity contribution in [1.29, 1.82) is 0 Å². The van der Waals surface area contributed by atoms with E-state index in [4.69, 9.17) is 9.47 Å². The Bertz CT molecular complexity index is 614. The van der Waals surface area contributed by atoms with Gasteiger partial charge in [0.1, 0.15) is 0 Å². The van der Waals surface area contributed by atoms with Crippen LogP contribution in [0.4, 0.5) is 5.95 Å². The number of nitrogens with zero attached hydrogens (tertiary/aromatic N) is 2. The first kappa shape index (κ1) is 11.8. The largest absolute Gasteiger partial charge is 0.454 e. The van der Waals surface area contributed by atoms with Gasteiger partial charge in [-0.2, -0.15) is 0 Å². The SMILES string of the molecule is Cc1cnc(NCc2cccc3c2OCO3)nc1C. The Hall–Kier alpha value is -2.30. The van der Waals surface area contributed by atoms with Gasteiger partial charge in [-0.25, -0.2) is 9.97 Å². The Labute approximate surface area is 111 Å². The van der Waals surface area contributed by atoms with Gasteiger partial charge in [0.15, 0.2) is 11.5 Å². The van der Waals surface area contributed by atoms with Crippen LogP contribution in [0, 0.1) is 13.8 Å². The molecule has 0 amide bonds. The van der Waals surface area contributed by atoms with Crippen LogP contribution in [0.2, 0.25) is 0 Å². The molecule has 2 heterocycles. The second kappa shape index (κ2) is 4.76. The van der Waals surface area contributed by atoms with Crippen LogP contribution in [0.15, 0.2) is 24.4 Å². The number of rotatable bonds is 3. The number of nitrogens with one attached hydrogen (secondary N) is 1. The summed E-state index contributed by atoms with van der Waals surface area (Å²) in [5.41, 5.74) is 3.11. The molecule has 0 spiro atoms. The van der Waals surface area contributed by atoms with Crippen LogP contribution in [-0.4, -0.2) is 16.8 Å². The van der Waals surface area contributed by atoms with Gasteiger partial charge in [0, 0.05) is 24.0 Å². The predicted octanol–water partition coefficient (Wildman–Crippen LogP) is 2.43. The molecule has 19 heavy (non-hydrogen) atoms. The lowest BCUT2D eigenvalue weighted by atomic mass is 10.2. The average molecular weight is 257 g/mol. The number of hydrogen-bond acceptors (Lipinski definition) is 5. The van der Waals surface area contributed by atoms with E-state index in [1.54, 1.807) is 0 Å². The maximum atomic E-state index is 5.46. The third-order valence-corrected chi connectivity index (χ3v) is 3.14. The monoisotopic (exact) mass is 257 g/mol. The zero-order valence-corrected chi connectivity index (χ0v) is 10.9. The second-order valence-electron chi connectivity index (χ2n) is 4.47. The fourth-order valence-corrected chi connectivity index (χ4v) is 1.92. The summed E-state index contributed by atoms with van der Waals surface area (Å²) < 4.78 is 10.8. The average Bonchev–Trinajstić information content (AvgIpc) is 2.89. The molecule has 2 aromatic rings. The van der Waals surface area contributed by atoms with E-state index in [-0.39, 0.29) is 6.79 Å². The number of para-hydroxylation sites is 1. The standard InChI is InChI=1S/C14H15N3O2/c1-9-6-15-14(17-10(9)2)16-7-11-4-3-5-12-13(11)19-8-18-12/h3-6H,7-8H2,1-2H3,(H,15,16,17). The number of fused-ring (bicyclic) bond motifs is 1. The van der Waals surface area contributed by atoms with Crippen LogP contribution >= 0.6 is 0 Å². The molecule has 5 nitrogen and oxygen atoms in total. The van der Waals surface area contributed by atoms with E-state index in [1.165, 1.54) is 0 Å². The topological polar surface area (TPSA) is 56.3 Å². The first-order chi connectivity index (χ1) is 9.24. The van der Waals surface area contributed by atoms with E-state index in [9.17, 15) is 0 Å². The van der Waals surface area contributed by atoms with Gasteiger partial charge in [-0.1, -0.05) is 12.1 Å². The van der Waals surface area contributed by atoms with Crippen molar-refractivity contribution in [2.75, 3.05) is 12.1 Å². The van der Waals surface area contributed by atoms with Gasteiger partial charge in [0.2, 0.25) is 12.7 Å². The van der Waals surface area contributed by atoms with Crippen molar-refractivity contribution in [3.8, 4) is 11.5 Å². The molecule has 0 saturated carbocycles. The quantitative estimate of drug-likeness (QED) is 0.915. The van der Waals surface area contributed by atoms with E-state index in [0.717, 1.165) is 28.3 Å². The first-order valence-electron chi connectivity index (χ1n) is 6.15. The van der Waals surface area contributed by atoms with Crippen LogP contribution in [0.1, 0.15) is 16.8 Å². The Balaban J connectivity index is 1.76. The highest BCUT2D eigenvalue weighted by Gasteiger charge is 2.16. The second-order valence-corrected chi connectivity index (χ2v) is 4.47. The molecule has 5 heteroatoms. The third kappa shape index (κ3) is 2.31. The number of aryl methyl sites for hydroxylation is 2. The summed E-state index contributed by atoms with van der Waals surface area (Å²) in [6, 6.07) is 5.85. The summed E-state index contributed by atoms with van der Waals surface area (Å²) >= 11 is 0. The van der Waals surface area contributed by atoms with Crippen molar-refractivity contribution in [2.45, 2.75) is 20.4 Å². The van der Waals surface area contributed by atoms with Crippen molar-refractivity contribution in [1.82, 2.24) is 9.97 Å². The van der Waals surface area contributed by atoms with E-state index in [1.807, 2.05) is 38.2 Å². The first-order valence-corrected chi connectivity index (χ1v) is 6.15. The molecule has 3 rings (SSSR count). The summed E-state index contributed by atoms with van der Waals surface area (Å²) in [6.07, 6.45) is 1.82. The fraction of sp³-hybridized carbons (Fsp3) is 0.286. The van der Waals surface area contributed by atoms with Crippen molar-refractivity contribution in [2.24, 2.45) is 0 Å². The lowest BCUT2D eigenvalue weighted by Gasteiger charge is -2.08. The molecule has 1 aromatic heterocycles. The van der Waals surface area contributed by atoms with Crippen LogP contribution in [0.25, 0.3) is 0 Å². The number of benzene rings is 1. The molecule has 1 aliphatic heterocycles. The van der Waals surface area contributed by atoms with Gasteiger partial charge in [0.25, 0.3) is 0 Å². The van der Waals surface area contributed by atoms with Crippen LogP contribution < -0.4 is 14.8 Å². The molecule has 0 atom stereocenters. The molecule has 0 saturated heterocycles. The molecular weight excluding hydrogens is 242 g/mol. The van der Waals surface area contributed by atoms with E-state index < -0.39 is 0 Å². The van der Waals surface area contributed by atoms with Crippen molar-refractivity contribution < 1.29 is 9.47 Å². The van der Waals surface area contributed by atoms with Crippen LogP contribution in [-0.2, 0) is 6.54 Å². The highest BCUT2D eigenvalue weighted by atomic mass is 16.7. The van der Waals surface area contributed by atoms with Gasteiger partial charge >= 0.3 is 0 Å². The minimum Gasteiger partial charge on any atom is -0.454 e. The predicted molar refractivity (Wildman–Crippen MR) is 71.4 cm³/mol. The zero-order chi connectivity index (χ0) is 13.2. The normalized spacial score (nSPS) is 12.5. The highest BCUT2D eigenvalue weighted by molar-refractivity contribution is 5.49. The molecular formula is C14H15N3O2. The highest BCUT2D eigenvalue weighted by Crippen LogP contribution is 2.35. The summed E-state index contributed by atoms with van der Waals surface area (Å²) in [7, 11) is 0. The van der Waals surface area contributed by atoms with Crippen molar-refractivity contribution in [3.05, 3.63) is 41.2 Å². The molecule has 0 fully saturated rings. The molecule has 1 aromatic carbocycles. The molecule has 1 N–H and O–H groups in total. The van der Waals surface area contributed by atoms with Gasteiger partial charge in [0.05, 0.1) is 0 Å². The molecule has 0 radical (unpaired) electrons. The lowest BCUT2D eigenvalue weighted by Crippen LogP contribution is -2.05. The number of hydrogen-bond donors (Lipinski definition) is 1. The van der Waals surface area contributed by atoms with Gasteiger partial charge in [-0.15, -0.1) is 0 Å². The van der Waals surface area contributed by atoms with E-state index in [0.29, 0.717) is 12.5 Å². The molecule has 0 unspecified atom stereocenters. The summed E-state index contributed by atoms with van der Waals surface area (Å²) in [5.74, 6) is 2.22. The third-order valence-electron chi connectivity index (χ3n) is 3.14. The van der Waals surface area contributed by atoms with Crippen molar-refractivity contribution >= 4 is 5.95 Å². The van der Waals surface area contributed by atoms with Gasteiger partial charge in [-0.3, -0.25) is 0 Å².